The van der Waals surface area contributed by atoms with Gasteiger partial charge in [-0.2, -0.15) is 0 Å². The SMILES string of the molecule is CCOC(=O)C[C@@H]1Oc2ccccc2[C@@H](CC(=O)c2ccccc2Cl)[C@@H]1[N+](=O)[O-]. The Morgan fingerprint density at radius 2 is 1.83 bits per heavy atom. The van der Waals surface area contributed by atoms with E-state index in [9.17, 15) is 19.7 Å². The van der Waals surface area contributed by atoms with E-state index in [0.29, 0.717) is 21.9 Å². The summed E-state index contributed by atoms with van der Waals surface area (Å²) in [7, 11) is 0. The number of ether oxygens (including phenoxy) is 2. The summed E-state index contributed by atoms with van der Waals surface area (Å²) in [5, 5.41) is 12.2. The average Bonchev–Trinajstić information content (AvgIpc) is 2.68. The molecular weight excluding hydrogens is 398 g/mol. The summed E-state index contributed by atoms with van der Waals surface area (Å²) in [5.74, 6) is -1.23. The highest BCUT2D eigenvalue weighted by atomic mass is 35.5. The van der Waals surface area contributed by atoms with E-state index in [1.54, 1.807) is 55.5 Å². The molecule has 1 aliphatic heterocycles. The molecule has 29 heavy (non-hydrogen) atoms. The number of para-hydroxylation sites is 1. The van der Waals surface area contributed by atoms with Crippen LogP contribution in [0.25, 0.3) is 0 Å². The van der Waals surface area contributed by atoms with Crippen LogP contribution >= 0.6 is 11.6 Å². The summed E-state index contributed by atoms with van der Waals surface area (Å²) in [5.41, 5.74) is 0.872. The molecule has 0 N–H and O–H groups in total. The van der Waals surface area contributed by atoms with Gasteiger partial charge in [0, 0.05) is 22.5 Å². The molecule has 2 aromatic rings. The second-order valence-corrected chi connectivity index (χ2v) is 7.10. The van der Waals surface area contributed by atoms with Gasteiger partial charge in [-0.25, -0.2) is 0 Å². The van der Waals surface area contributed by atoms with Crippen molar-refractivity contribution in [2.45, 2.75) is 37.8 Å². The molecule has 2 aromatic carbocycles. The number of carbonyl (C=O) groups is 2. The summed E-state index contributed by atoms with van der Waals surface area (Å²) in [6.45, 7) is 1.82. The van der Waals surface area contributed by atoms with Crippen molar-refractivity contribution >= 4 is 23.4 Å². The van der Waals surface area contributed by atoms with Crippen molar-refractivity contribution < 1.29 is 24.0 Å². The topological polar surface area (TPSA) is 95.7 Å². The zero-order valence-electron chi connectivity index (χ0n) is 15.7. The van der Waals surface area contributed by atoms with Gasteiger partial charge in [-0.1, -0.05) is 41.9 Å². The molecule has 0 bridgehead atoms. The van der Waals surface area contributed by atoms with Gasteiger partial charge in [0.25, 0.3) is 6.04 Å². The van der Waals surface area contributed by atoms with Crippen LogP contribution in [0, 0.1) is 10.1 Å². The minimum atomic E-state index is -1.28. The lowest BCUT2D eigenvalue weighted by Crippen LogP contribution is -2.47. The van der Waals surface area contributed by atoms with Gasteiger partial charge >= 0.3 is 5.97 Å². The number of hydrogen-bond acceptors (Lipinski definition) is 6. The fraction of sp³-hybridized carbons (Fsp3) is 0.333. The quantitative estimate of drug-likeness (QED) is 0.292. The molecule has 0 spiro atoms. The van der Waals surface area contributed by atoms with Crippen LogP contribution in [0.1, 0.15) is 41.6 Å². The van der Waals surface area contributed by atoms with Gasteiger partial charge in [-0.05, 0) is 25.1 Å². The molecule has 0 radical (unpaired) electrons. The van der Waals surface area contributed by atoms with Crippen molar-refractivity contribution in [2.75, 3.05) is 6.61 Å². The second kappa shape index (κ2) is 9.05. The Morgan fingerprint density at radius 3 is 2.52 bits per heavy atom. The summed E-state index contributed by atoms with van der Waals surface area (Å²) < 4.78 is 10.7. The Bertz CT molecular complexity index is 931. The van der Waals surface area contributed by atoms with Crippen molar-refractivity contribution in [3.63, 3.8) is 0 Å². The first-order valence-electron chi connectivity index (χ1n) is 9.24. The van der Waals surface area contributed by atoms with E-state index >= 15 is 0 Å². The summed E-state index contributed by atoms with van der Waals surface area (Å²) in [6, 6.07) is 12.2. The summed E-state index contributed by atoms with van der Waals surface area (Å²) in [4.78, 5) is 36.3. The van der Waals surface area contributed by atoms with Gasteiger partial charge in [-0.15, -0.1) is 0 Å². The fourth-order valence-electron chi connectivity index (χ4n) is 3.63. The van der Waals surface area contributed by atoms with Crippen LogP contribution in [0.5, 0.6) is 5.75 Å². The highest BCUT2D eigenvalue weighted by Crippen LogP contribution is 2.41. The minimum Gasteiger partial charge on any atom is -0.482 e. The van der Waals surface area contributed by atoms with Crippen LogP contribution in [0.15, 0.2) is 48.5 Å². The maximum atomic E-state index is 12.9. The highest BCUT2D eigenvalue weighted by Gasteiger charge is 2.48. The van der Waals surface area contributed by atoms with Crippen LogP contribution in [0.3, 0.4) is 0 Å². The molecule has 0 amide bonds. The molecule has 0 saturated carbocycles. The van der Waals surface area contributed by atoms with E-state index in [-0.39, 0.29) is 25.2 Å². The maximum absolute atomic E-state index is 12.9. The van der Waals surface area contributed by atoms with Crippen LogP contribution in [0.4, 0.5) is 0 Å². The highest BCUT2D eigenvalue weighted by molar-refractivity contribution is 6.33. The Balaban J connectivity index is 1.97. The Kier molecular flexibility index (Phi) is 6.49. The zero-order chi connectivity index (χ0) is 21.0. The monoisotopic (exact) mass is 417 g/mol. The van der Waals surface area contributed by atoms with Crippen LogP contribution < -0.4 is 4.74 Å². The third-order valence-electron chi connectivity index (χ3n) is 4.89. The third kappa shape index (κ3) is 4.56. The van der Waals surface area contributed by atoms with Gasteiger partial charge in [0.05, 0.1) is 24.0 Å². The van der Waals surface area contributed by atoms with Crippen LogP contribution in [0.2, 0.25) is 5.02 Å². The van der Waals surface area contributed by atoms with Gasteiger partial charge in [-0.3, -0.25) is 19.7 Å². The lowest BCUT2D eigenvalue weighted by atomic mass is 9.80. The molecule has 7 nitrogen and oxygen atoms in total. The number of Topliss-reactive ketones (excluding diaryl/α,β-unsaturated/α-hetero) is 1. The zero-order valence-corrected chi connectivity index (χ0v) is 16.5. The largest absolute Gasteiger partial charge is 0.482 e. The summed E-state index contributed by atoms with van der Waals surface area (Å²) >= 11 is 6.13. The van der Waals surface area contributed by atoms with E-state index in [1.165, 1.54) is 0 Å². The number of rotatable bonds is 7. The predicted octanol–water partition coefficient (Wildman–Crippen LogP) is 4.06. The van der Waals surface area contributed by atoms with E-state index in [2.05, 4.69) is 0 Å². The van der Waals surface area contributed by atoms with Crippen molar-refractivity contribution in [2.24, 2.45) is 0 Å². The number of esters is 1. The lowest BCUT2D eigenvalue weighted by Gasteiger charge is -2.34. The number of carbonyl (C=O) groups excluding carboxylic acids is 2. The molecule has 0 aromatic heterocycles. The van der Waals surface area contributed by atoms with Gasteiger partial charge < -0.3 is 9.47 Å². The first-order valence-corrected chi connectivity index (χ1v) is 9.62. The normalized spacial score (nSPS) is 20.3. The molecule has 0 saturated heterocycles. The van der Waals surface area contributed by atoms with Gasteiger partial charge in [0.1, 0.15) is 5.75 Å². The second-order valence-electron chi connectivity index (χ2n) is 6.69. The number of ketones is 1. The molecule has 1 aliphatic rings. The van der Waals surface area contributed by atoms with Crippen LogP contribution in [-0.2, 0) is 9.53 Å². The molecular formula is C21H20ClNO6. The van der Waals surface area contributed by atoms with E-state index in [1.807, 2.05) is 0 Å². The maximum Gasteiger partial charge on any atom is 0.309 e. The molecule has 8 heteroatoms. The lowest BCUT2D eigenvalue weighted by molar-refractivity contribution is -0.538. The standard InChI is InChI=1S/C21H20ClNO6/c1-2-28-20(25)12-19-21(23(26)27)15(13-7-4-6-10-18(13)29-19)11-17(24)14-8-3-5-9-16(14)22/h3-10,15,19,21H,2,11-12H2,1H3/t15-,19+,21+/m1/s1. The number of hydrogen-bond donors (Lipinski definition) is 0. The third-order valence-corrected chi connectivity index (χ3v) is 5.22. The van der Waals surface area contributed by atoms with E-state index in [4.69, 9.17) is 21.1 Å². The molecule has 3 rings (SSSR count). The molecule has 1 heterocycles. The first-order chi connectivity index (χ1) is 13.9. The smallest absolute Gasteiger partial charge is 0.309 e. The van der Waals surface area contributed by atoms with Crippen molar-refractivity contribution in [1.82, 2.24) is 0 Å². The average molecular weight is 418 g/mol. The minimum absolute atomic E-state index is 0.130. The van der Waals surface area contributed by atoms with Crippen molar-refractivity contribution in [1.29, 1.82) is 0 Å². The molecule has 3 atom stereocenters. The van der Waals surface area contributed by atoms with Crippen molar-refractivity contribution in [3.05, 3.63) is 74.8 Å². The van der Waals surface area contributed by atoms with E-state index < -0.39 is 29.0 Å². The molecule has 0 fully saturated rings. The number of benzene rings is 2. The Morgan fingerprint density at radius 1 is 1.14 bits per heavy atom. The van der Waals surface area contributed by atoms with Crippen LogP contribution in [-0.4, -0.2) is 35.4 Å². The molecule has 152 valence electrons. The molecule has 0 aliphatic carbocycles. The number of fused-ring (bicyclic) bond motifs is 1. The first kappa shape index (κ1) is 20.8. The summed E-state index contributed by atoms with van der Waals surface area (Å²) in [6.07, 6.45) is -1.44. The van der Waals surface area contributed by atoms with Gasteiger partial charge in [0.2, 0.25) is 0 Å². The molecule has 0 unspecified atom stereocenters. The fourth-order valence-corrected chi connectivity index (χ4v) is 3.87. The number of nitro groups is 1. The van der Waals surface area contributed by atoms with E-state index in [0.717, 1.165) is 0 Å². The predicted molar refractivity (Wildman–Crippen MR) is 106 cm³/mol. The van der Waals surface area contributed by atoms with Gasteiger partial charge in [0.15, 0.2) is 11.9 Å². The Labute approximate surface area is 172 Å². The number of halogens is 1. The Hall–Kier alpha value is -2.93. The van der Waals surface area contributed by atoms with Crippen molar-refractivity contribution in [3.8, 4) is 5.75 Å². The number of nitrogens with zero attached hydrogens (tertiary/aromatic N) is 1.